The van der Waals surface area contributed by atoms with E-state index in [2.05, 4.69) is 12.6 Å². The van der Waals surface area contributed by atoms with Crippen molar-refractivity contribution in [3.8, 4) is 11.5 Å². The summed E-state index contributed by atoms with van der Waals surface area (Å²) < 4.78 is 15.5. The number of esters is 2. The van der Waals surface area contributed by atoms with Gasteiger partial charge in [-0.15, -0.1) is 0 Å². The maximum Gasteiger partial charge on any atom is 0.342 e. The largest absolute Gasteiger partial charge is 0.496 e. The summed E-state index contributed by atoms with van der Waals surface area (Å²) >= 11 is 4.58. The second kappa shape index (κ2) is 8.21. The molecule has 0 saturated heterocycles. The third-order valence-electron chi connectivity index (χ3n) is 4.66. The monoisotopic (exact) mass is 396 g/mol. The molecule has 1 aromatic rings. The number of benzene rings is 1. The van der Waals surface area contributed by atoms with E-state index in [0.29, 0.717) is 36.1 Å². The van der Waals surface area contributed by atoms with Crippen LogP contribution >= 0.6 is 12.6 Å². The van der Waals surface area contributed by atoms with E-state index in [0.717, 1.165) is 5.56 Å². The molecule has 0 aliphatic carbocycles. The van der Waals surface area contributed by atoms with Gasteiger partial charge in [-0.05, 0) is 31.7 Å². The van der Waals surface area contributed by atoms with Crippen LogP contribution in [0.4, 0.5) is 0 Å². The van der Waals surface area contributed by atoms with Crippen LogP contribution in [0.2, 0.25) is 0 Å². The van der Waals surface area contributed by atoms with Gasteiger partial charge in [-0.2, -0.15) is 12.6 Å². The number of hydrogen-bond donors (Lipinski definition) is 2. The normalized spacial score (nSPS) is 14.9. The lowest BCUT2D eigenvalue weighted by atomic mass is 9.90. The Kier molecular flexibility index (Phi) is 6.41. The number of hydrogen-bond acceptors (Lipinski definition) is 7. The van der Waals surface area contributed by atoms with Crippen molar-refractivity contribution in [2.24, 2.45) is 0 Å². The van der Waals surface area contributed by atoms with Gasteiger partial charge in [0, 0.05) is 29.2 Å². The van der Waals surface area contributed by atoms with Gasteiger partial charge in [0.25, 0.3) is 0 Å². The van der Waals surface area contributed by atoms with Crippen molar-refractivity contribution < 1.29 is 33.7 Å². The molecule has 0 amide bonds. The fraction of sp³-hybridized carbons (Fsp3) is 0.526. The van der Waals surface area contributed by atoms with Gasteiger partial charge >= 0.3 is 17.9 Å². The molecule has 0 fully saturated rings. The van der Waals surface area contributed by atoms with Gasteiger partial charge in [0.15, 0.2) is 5.75 Å². The molecular weight excluding hydrogens is 372 g/mol. The first-order valence-electron chi connectivity index (χ1n) is 8.59. The van der Waals surface area contributed by atoms with Crippen LogP contribution in [-0.2, 0) is 27.4 Å². The Morgan fingerprint density at radius 2 is 1.96 bits per heavy atom. The lowest BCUT2D eigenvalue weighted by Crippen LogP contribution is -2.20. The van der Waals surface area contributed by atoms with E-state index in [1.54, 1.807) is 0 Å². The summed E-state index contributed by atoms with van der Waals surface area (Å²) in [5.41, 5.74) is 2.25. The number of carbonyl (C=O) groups excluding carboxylic acids is 2. The van der Waals surface area contributed by atoms with Gasteiger partial charge in [0.05, 0.1) is 7.11 Å². The van der Waals surface area contributed by atoms with E-state index in [9.17, 15) is 14.4 Å². The van der Waals surface area contributed by atoms with Crippen LogP contribution in [-0.4, -0.2) is 34.9 Å². The molecule has 148 valence electrons. The number of carbonyl (C=O) groups is 3. The van der Waals surface area contributed by atoms with Crippen LogP contribution in [0, 0.1) is 6.92 Å². The van der Waals surface area contributed by atoms with E-state index in [4.69, 9.17) is 19.3 Å². The van der Waals surface area contributed by atoms with Crippen molar-refractivity contribution in [2.75, 3.05) is 7.11 Å². The summed E-state index contributed by atoms with van der Waals surface area (Å²) in [7, 11) is 1.51. The zero-order valence-corrected chi connectivity index (χ0v) is 16.8. The van der Waals surface area contributed by atoms with Crippen LogP contribution in [0.5, 0.6) is 11.5 Å². The first kappa shape index (κ1) is 21.1. The van der Waals surface area contributed by atoms with Crippen molar-refractivity contribution in [1.82, 2.24) is 0 Å². The fourth-order valence-corrected chi connectivity index (χ4v) is 3.43. The molecule has 1 N–H and O–H groups in total. The Bertz CT molecular complexity index is 783. The number of thiol groups is 1. The maximum absolute atomic E-state index is 12.2. The first-order chi connectivity index (χ1) is 12.6. The highest BCUT2D eigenvalue weighted by Gasteiger charge is 2.34. The highest BCUT2D eigenvalue weighted by molar-refractivity contribution is 7.81. The number of ether oxygens (including phenoxy) is 3. The minimum Gasteiger partial charge on any atom is -0.496 e. The van der Waals surface area contributed by atoms with Crippen molar-refractivity contribution in [3.05, 3.63) is 22.3 Å². The third-order valence-corrected chi connectivity index (χ3v) is 5.11. The van der Waals surface area contributed by atoms with Gasteiger partial charge in [-0.3, -0.25) is 9.59 Å². The molecular formula is C19H24O7S. The molecule has 8 heteroatoms. The van der Waals surface area contributed by atoms with Crippen LogP contribution in [0.3, 0.4) is 0 Å². The summed E-state index contributed by atoms with van der Waals surface area (Å²) in [6, 6.07) is 0. The number of aliphatic carboxylic acids is 1. The Morgan fingerprint density at radius 3 is 2.52 bits per heavy atom. The summed E-state index contributed by atoms with van der Waals surface area (Å²) in [5, 5.41) is 8.90. The molecule has 1 aliphatic heterocycles. The average molecular weight is 396 g/mol. The molecule has 0 saturated carbocycles. The average Bonchev–Trinajstić information content (AvgIpc) is 2.96. The number of carboxylic acids is 1. The molecule has 0 aromatic heterocycles. The van der Waals surface area contributed by atoms with E-state index in [1.165, 1.54) is 14.0 Å². The van der Waals surface area contributed by atoms with Gasteiger partial charge in [0.1, 0.15) is 17.9 Å². The summed E-state index contributed by atoms with van der Waals surface area (Å²) in [6.45, 7) is 5.04. The smallest absolute Gasteiger partial charge is 0.342 e. The van der Waals surface area contributed by atoms with Crippen molar-refractivity contribution in [2.45, 2.75) is 57.8 Å². The Balaban J connectivity index is 2.46. The minimum atomic E-state index is -0.885. The number of methoxy groups -OCH3 is 1. The quantitative estimate of drug-likeness (QED) is 0.396. The van der Waals surface area contributed by atoms with Gasteiger partial charge in [-0.25, -0.2) is 4.79 Å². The molecule has 7 nitrogen and oxygen atoms in total. The topological polar surface area (TPSA) is 99.1 Å². The molecule has 1 atom stereocenters. The third kappa shape index (κ3) is 4.74. The van der Waals surface area contributed by atoms with Crippen LogP contribution in [0.15, 0.2) is 0 Å². The SMILES string of the molecule is COc1c(C)c2c(c(OC(C)=O)c1CCC(C)(S)CCC(=O)O)C(=O)OC2. The maximum atomic E-state index is 12.2. The molecule has 0 bridgehead atoms. The lowest BCUT2D eigenvalue weighted by molar-refractivity contribution is -0.137. The zero-order chi connectivity index (χ0) is 20.4. The summed E-state index contributed by atoms with van der Waals surface area (Å²) in [6.07, 6.45) is 1.28. The van der Waals surface area contributed by atoms with Crippen LogP contribution in [0.25, 0.3) is 0 Å². The molecule has 1 aromatic carbocycles. The van der Waals surface area contributed by atoms with Crippen LogP contribution in [0.1, 0.15) is 60.2 Å². The Labute approximate surface area is 163 Å². The van der Waals surface area contributed by atoms with Gasteiger partial charge < -0.3 is 19.3 Å². The summed E-state index contributed by atoms with van der Waals surface area (Å²) in [4.78, 5) is 34.7. The number of rotatable bonds is 8. The molecule has 2 rings (SSSR count). The fourth-order valence-electron chi connectivity index (χ4n) is 3.20. The number of cyclic esters (lactones) is 1. The standard InChI is InChI=1S/C19H24O7S/c1-10-13-9-25-18(23)15(13)17(26-11(2)20)12(16(10)24-4)5-7-19(3,27)8-6-14(21)22/h27H,5-9H2,1-4H3,(H,21,22). The van der Waals surface area contributed by atoms with Crippen LogP contribution < -0.4 is 9.47 Å². The van der Waals surface area contributed by atoms with E-state index >= 15 is 0 Å². The van der Waals surface area contributed by atoms with Gasteiger partial charge in [0.2, 0.25) is 0 Å². The van der Waals surface area contributed by atoms with E-state index < -0.39 is 22.7 Å². The number of carboxylic acid groups (broad SMARTS) is 1. The highest BCUT2D eigenvalue weighted by atomic mass is 32.1. The Hall–Kier alpha value is -2.22. The minimum absolute atomic E-state index is 0.00345. The second-order valence-corrected chi connectivity index (χ2v) is 7.96. The molecule has 0 spiro atoms. The van der Waals surface area contributed by atoms with Crippen molar-refractivity contribution in [1.29, 1.82) is 0 Å². The van der Waals surface area contributed by atoms with Gasteiger partial charge in [-0.1, -0.05) is 6.92 Å². The predicted molar refractivity (Wildman–Crippen MR) is 101 cm³/mol. The molecule has 1 unspecified atom stereocenters. The molecule has 0 radical (unpaired) electrons. The summed E-state index contributed by atoms with van der Waals surface area (Å²) in [5.74, 6) is -1.28. The second-order valence-electron chi connectivity index (χ2n) is 6.88. The molecule has 1 heterocycles. The number of fused-ring (bicyclic) bond motifs is 1. The van der Waals surface area contributed by atoms with E-state index in [1.807, 2.05) is 13.8 Å². The first-order valence-corrected chi connectivity index (χ1v) is 9.04. The zero-order valence-electron chi connectivity index (χ0n) is 15.9. The lowest BCUT2D eigenvalue weighted by Gasteiger charge is -2.25. The highest BCUT2D eigenvalue weighted by Crippen LogP contribution is 2.44. The van der Waals surface area contributed by atoms with Crippen molar-refractivity contribution >= 4 is 30.5 Å². The predicted octanol–water partition coefficient (Wildman–Crippen LogP) is 3.09. The van der Waals surface area contributed by atoms with E-state index in [-0.39, 0.29) is 24.3 Å². The molecule has 1 aliphatic rings. The van der Waals surface area contributed by atoms with Crippen molar-refractivity contribution in [3.63, 3.8) is 0 Å². The Morgan fingerprint density at radius 1 is 1.30 bits per heavy atom. The molecule has 27 heavy (non-hydrogen) atoms.